The normalized spacial score (nSPS) is 10.9. The summed E-state index contributed by atoms with van der Waals surface area (Å²) in [5, 5.41) is 3.25. The second kappa shape index (κ2) is 7.94. The number of nitrogens with one attached hydrogen (secondary N) is 1. The van der Waals surface area contributed by atoms with Crippen LogP contribution in [0.1, 0.15) is 25.8 Å². The molecule has 0 aromatic heterocycles. The van der Waals surface area contributed by atoms with E-state index in [1.165, 1.54) is 5.56 Å². The number of hydrogen-bond donors (Lipinski definition) is 1. The third kappa shape index (κ3) is 4.99. The highest BCUT2D eigenvalue weighted by molar-refractivity contribution is 5.50. The smallest absolute Gasteiger partial charge is 0.119 e. The molecule has 0 aliphatic carbocycles. The van der Waals surface area contributed by atoms with Crippen molar-refractivity contribution in [3.05, 3.63) is 35.9 Å². The Labute approximate surface area is 98.3 Å². The Balaban J connectivity index is 2.41. The van der Waals surface area contributed by atoms with Gasteiger partial charge in [0.1, 0.15) is 5.75 Å². The highest BCUT2D eigenvalue weighted by atomic mass is 16.5. The minimum absolute atomic E-state index is 0.787. The van der Waals surface area contributed by atoms with Gasteiger partial charge in [0.15, 0.2) is 0 Å². The maximum atomic E-state index is 5.52. The summed E-state index contributed by atoms with van der Waals surface area (Å²) < 4.78 is 5.52. The third-order valence-electron chi connectivity index (χ3n) is 2.18. The van der Waals surface area contributed by atoms with Gasteiger partial charge in [0.25, 0.3) is 0 Å². The Morgan fingerprint density at radius 1 is 1.19 bits per heavy atom. The van der Waals surface area contributed by atoms with Crippen LogP contribution >= 0.6 is 0 Å². The predicted octanol–water partition coefficient (Wildman–Crippen LogP) is 3.10. The summed E-state index contributed by atoms with van der Waals surface area (Å²) >= 11 is 0. The zero-order chi connectivity index (χ0) is 11.6. The molecule has 0 heterocycles. The predicted molar refractivity (Wildman–Crippen MR) is 69.8 cm³/mol. The summed E-state index contributed by atoms with van der Waals surface area (Å²) in [6.45, 7) is 6.93. The molecule has 1 rings (SSSR count). The van der Waals surface area contributed by atoms with Crippen LogP contribution in [0, 0.1) is 0 Å². The van der Waals surface area contributed by atoms with Crippen molar-refractivity contribution >= 4 is 6.08 Å². The molecule has 1 aromatic carbocycles. The van der Waals surface area contributed by atoms with Crippen LogP contribution in [0.5, 0.6) is 5.75 Å². The van der Waals surface area contributed by atoms with E-state index in [1.54, 1.807) is 0 Å². The van der Waals surface area contributed by atoms with E-state index in [9.17, 15) is 0 Å². The molecule has 88 valence electrons. The molecule has 16 heavy (non-hydrogen) atoms. The van der Waals surface area contributed by atoms with Crippen LogP contribution in [0.15, 0.2) is 30.3 Å². The maximum absolute atomic E-state index is 5.52. The fraction of sp³-hybridized carbons (Fsp3) is 0.429. The molecule has 0 atom stereocenters. The van der Waals surface area contributed by atoms with Gasteiger partial charge in [-0.05, 0) is 30.7 Å². The molecular formula is C14H21NO. The number of hydrogen-bond acceptors (Lipinski definition) is 2. The van der Waals surface area contributed by atoms with Gasteiger partial charge in [0.2, 0.25) is 0 Å². The number of benzene rings is 1. The van der Waals surface area contributed by atoms with E-state index < -0.39 is 0 Å². The molecule has 0 radical (unpaired) electrons. The van der Waals surface area contributed by atoms with Gasteiger partial charge in [0, 0.05) is 6.54 Å². The molecule has 2 nitrogen and oxygen atoms in total. The van der Waals surface area contributed by atoms with E-state index >= 15 is 0 Å². The average molecular weight is 219 g/mol. The first-order chi connectivity index (χ1) is 7.86. The van der Waals surface area contributed by atoms with Crippen LogP contribution in [-0.4, -0.2) is 19.7 Å². The number of likely N-dealkylation sites (N-methyl/N-ethyl adjacent to an activating group) is 1. The summed E-state index contributed by atoms with van der Waals surface area (Å²) in [6.07, 6.45) is 5.29. The molecule has 0 aliphatic heterocycles. The van der Waals surface area contributed by atoms with E-state index in [-0.39, 0.29) is 0 Å². The zero-order valence-corrected chi connectivity index (χ0v) is 10.2. The van der Waals surface area contributed by atoms with Crippen molar-refractivity contribution < 1.29 is 4.74 Å². The van der Waals surface area contributed by atoms with Gasteiger partial charge in [-0.15, -0.1) is 0 Å². The molecule has 1 aromatic rings. The lowest BCUT2D eigenvalue weighted by molar-refractivity contribution is 0.317. The molecule has 0 fully saturated rings. The van der Waals surface area contributed by atoms with Gasteiger partial charge in [-0.25, -0.2) is 0 Å². The molecule has 0 saturated carbocycles. The van der Waals surface area contributed by atoms with Crippen molar-refractivity contribution in [2.75, 3.05) is 19.7 Å². The standard InChI is InChI=1S/C14H21NO/c1-3-12-16-14-9-7-13(8-10-14)6-5-11-15-4-2/h5-10,15H,3-4,11-12H2,1-2H3. The minimum Gasteiger partial charge on any atom is -0.494 e. The Morgan fingerprint density at radius 2 is 1.94 bits per heavy atom. The number of ether oxygens (including phenoxy) is 1. The van der Waals surface area contributed by atoms with Gasteiger partial charge in [-0.1, -0.05) is 38.1 Å². The zero-order valence-electron chi connectivity index (χ0n) is 10.2. The Kier molecular flexibility index (Phi) is 6.35. The second-order valence-electron chi connectivity index (χ2n) is 3.63. The van der Waals surface area contributed by atoms with E-state index in [2.05, 4.69) is 43.4 Å². The largest absolute Gasteiger partial charge is 0.494 e. The monoisotopic (exact) mass is 219 g/mol. The lowest BCUT2D eigenvalue weighted by Crippen LogP contribution is -2.11. The first kappa shape index (κ1) is 12.8. The van der Waals surface area contributed by atoms with Crippen LogP contribution in [0.2, 0.25) is 0 Å². The van der Waals surface area contributed by atoms with Crippen molar-refractivity contribution in [1.82, 2.24) is 5.32 Å². The van der Waals surface area contributed by atoms with Crippen molar-refractivity contribution in [3.63, 3.8) is 0 Å². The van der Waals surface area contributed by atoms with Crippen LogP contribution in [-0.2, 0) is 0 Å². The highest BCUT2D eigenvalue weighted by Crippen LogP contribution is 2.13. The van der Waals surface area contributed by atoms with Gasteiger partial charge in [0.05, 0.1) is 6.61 Å². The lowest BCUT2D eigenvalue weighted by Gasteiger charge is -2.04. The lowest BCUT2D eigenvalue weighted by atomic mass is 10.2. The van der Waals surface area contributed by atoms with Crippen molar-refractivity contribution in [1.29, 1.82) is 0 Å². The maximum Gasteiger partial charge on any atom is 0.119 e. The van der Waals surface area contributed by atoms with Crippen LogP contribution in [0.4, 0.5) is 0 Å². The summed E-state index contributed by atoms with van der Waals surface area (Å²) in [5.74, 6) is 0.950. The molecule has 0 aliphatic rings. The summed E-state index contributed by atoms with van der Waals surface area (Å²) in [7, 11) is 0. The third-order valence-corrected chi connectivity index (χ3v) is 2.18. The Hall–Kier alpha value is -1.28. The van der Waals surface area contributed by atoms with E-state index in [0.717, 1.165) is 31.9 Å². The Morgan fingerprint density at radius 3 is 2.56 bits per heavy atom. The second-order valence-corrected chi connectivity index (χ2v) is 3.63. The first-order valence-corrected chi connectivity index (χ1v) is 5.97. The molecule has 0 spiro atoms. The quantitative estimate of drug-likeness (QED) is 0.711. The van der Waals surface area contributed by atoms with E-state index in [0.29, 0.717) is 0 Å². The van der Waals surface area contributed by atoms with Crippen molar-refractivity contribution in [2.45, 2.75) is 20.3 Å². The van der Waals surface area contributed by atoms with Crippen LogP contribution in [0.25, 0.3) is 6.08 Å². The topological polar surface area (TPSA) is 21.3 Å². The van der Waals surface area contributed by atoms with E-state index in [1.807, 2.05) is 12.1 Å². The molecule has 2 heteroatoms. The molecule has 0 saturated heterocycles. The fourth-order valence-corrected chi connectivity index (χ4v) is 1.32. The van der Waals surface area contributed by atoms with Gasteiger partial charge in [-0.3, -0.25) is 0 Å². The molecule has 1 N–H and O–H groups in total. The van der Waals surface area contributed by atoms with Crippen LogP contribution < -0.4 is 10.1 Å². The fourth-order valence-electron chi connectivity index (χ4n) is 1.32. The van der Waals surface area contributed by atoms with Crippen molar-refractivity contribution in [3.8, 4) is 5.75 Å². The van der Waals surface area contributed by atoms with E-state index in [4.69, 9.17) is 4.74 Å². The molecule has 0 unspecified atom stereocenters. The van der Waals surface area contributed by atoms with Gasteiger partial charge >= 0.3 is 0 Å². The average Bonchev–Trinajstić information content (AvgIpc) is 2.33. The summed E-state index contributed by atoms with van der Waals surface area (Å²) in [6, 6.07) is 8.19. The summed E-state index contributed by atoms with van der Waals surface area (Å²) in [5.41, 5.74) is 1.21. The van der Waals surface area contributed by atoms with Crippen molar-refractivity contribution in [2.24, 2.45) is 0 Å². The van der Waals surface area contributed by atoms with Crippen LogP contribution in [0.3, 0.4) is 0 Å². The highest BCUT2D eigenvalue weighted by Gasteiger charge is 1.91. The molecule has 0 bridgehead atoms. The molecule has 0 amide bonds. The molecular weight excluding hydrogens is 198 g/mol. The first-order valence-electron chi connectivity index (χ1n) is 5.97. The van der Waals surface area contributed by atoms with Gasteiger partial charge < -0.3 is 10.1 Å². The minimum atomic E-state index is 0.787. The summed E-state index contributed by atoms with van der Waals surface area (Å²) in [4.78, 5) is 0. The SMILES string of the molecule is CCCOc1ccc(C=CCNCC)cc1. The number of rotatable bonds is 7. The van der Waals surface area contributed by atoms with Gasteiger partial charge in [-0.2, -0.15) is 0 Å². The Bertz CT molecular complexity index is 303.